The molecule has 204 valence electrons. The number of halogens is 4. The molecule has 2 fully saturated rings. The van der Waals surface area contributed by atoms with Crippen LogP contribution in [0.25, 0.3) is 0 Å². The van der Waals surface area contributed by atoms with E-state index in [1.807, 2.05) is 0 Å². The van der Waals surface area contributed by atoms with Crippen LogP contribution >= 0.6 is 23.5 Å². The minimum Gasteiger partial charge on any atom is -0.307 e. The van der Waals surface area contributed by atoms with Crippen LogP contribution in [0.3, 0.4) is 0 Å². The van der Waals surface area contributed by atoms with Crippen molar-refractivity contribution in [3.63, 3.8) is 0 Å². The SMILES string of the molecule is N#CC1=C[C@](NC2CCC(F)(F)CC2)(N(C(=O)[C@@H]2CCSN2)c2cccc(F)c2)N(c2ccccc2Cl)C=C1. The number of anilines is 2. The summed E-state index contributed by atoms with van der Waals surface area (Å²) in [5.74, 6) is -4.58. The van der Waals surface area contributed by atoms with Gasteiger partial charge >= 0.3 is 0 Å². The van der Waals surface area contributed by atoms with Gasteiger partial charge in [0.15, 0.2) is 0 Å². The molecule has 5 rings (SSSR count). The average molecular weight is 574 g/mol. The molecule has 2 N–H and O–H groups in total. The third-order valence-corrected chi connectivity index (χ3v) is 8.37. The number of nitrogens with one attached hydrogen (secondary N) is 2. The van der Waals surface area contributed by atoms with Crippen molar-refractivity contribution in [3.8, 4) is 6.07 Å². The van der Waals surface area contributed by atoms with Gasteiger partial charge in [-0.1, -0.05) is 41.7 Å². The minimum absolute atomic E-state index is 0.146. The number of carbonyl (C=O) groups excluding carboxylic acids is 1. The Bertz CT molecular complexity index is 1330. The molecule has 1 saturated heterocycles. The number of carbonyl (C=O) groups is 1. The Labute approximate surface area is 234 Å². The van der Waals surface area contributed by atoms with Gasteiger partial charge in [-0.2, -0.15) is 5.26 Å². The molecular weight excluding hydrogens is 547 g/mol. The second kappa shape index (κ2) is 11.3. The van der Waals surface area contributed by atoms with E-state index >= 15 is 0 Å². The molecule has 2 atom stereocenters. The molecular formula is C28H27ClF3N5OS. The fourth-order valence-corrected chi connectivity index (χ4v) is 6.37. The maximum absolute atomic E-state index is 14.7. The first-order chi connectivity index (χ1) is 18.7. The Morgan fingerprint density at radius 1 is 1.18 bits per heavy atom. The zero-order valence-electron chi connectivity index (χ0n) is 20.9. The van der Waals surface area contributed by atoms with Crippen molar-refractivity contribution in [1.29, 1.82) is 5.26 Å². The fraction of sp³-hybridized carbons (Fsp3) is 0.357. The molecule has 39 heavy (non-hydrogen) atoms. The Morgan fingerprint density at radius 3 is 2.62 bits per heavy atom. The van der Waals surface area contributed by atoms with Crippen LogP contribution in [0.15, 0.2) is 72.5 Å². The van der Waals surface area contributed by atoms with Crippen molar-refractivity contribution in [2.24, 2.45) is 0 Å². The minimum atomic E-state index is -2.77. The third kappa shape index (κ3) is 5.68. The van der Waals surface area contributed by atoms with Crippen molar-refractivity contribution >= 4 is 40.8 Å². The fourth-order valence-electron chi connectivity index (χ4n) is 5.25. The van der Waals surface area contributed by atoms with Gasteiger partial charge in [0.05, 0.1) is 34.1 Å². The lowest BCUT2D eigenvalue weighted by molar-refractivity contribution is -0.121. The molecule has 0 bridgehead atoms. The maximum Gasteiger partial charge on any atom is 0.248 e. The van der Waals surface area contributed by atoms with E-state index in [0.717, 1.165) is 0 Å². The van der Waals surface area contributed by atoms with Crippen LogP contribution in [0.4, 0.5) is 24.5 Å². The third-order valence-electron chi connectivity index (χ3n) is 7.16. The number of hydrogen-bond acceptors (Lipinski definition) is 6. The number of para-hydroxylation sites is 1. The van der Waals surface area contributed by atoms with Gasteiger partial charge < -0.3 is 4.90 Å². The molecule has 2 aromatic rings. The first-order valence-electron chi connectivity index (χ1n) is 12.7. The highest BCUT2D eigenvalue weighted by atomic mass is 35.5. The molecule has 2 heterocycles. The largest absolute Gasteiger partial charge is 0.307 e. The van der Waals surface area contributed by atoms with E-state index in [1.165, 1.54) is 35.0 Å². The number of rotatable bonds is 6. The molecule has 1 amide bonds. The van der Waals surface area contributed by atoms with E-state index < -0.39 is 29.6 Å². The van der Waals surface area contributed by atoms with Crippen LogP contribution < -0.4 is 19.8 Å². The van der Waals surface area contributed by atoms with Gasteiger partial charge in [-0.05, 0) is 61.7 Å². The van der Waals surface area contributed by atoms with Gasteiger partial charge in [-0.15, -0.1) is 0 Å². The number of nitrogens with zero attached hydrogens (tertiary/aromatic N) is 3. The standard InChI is InChI=1S/C28H27ClF3N5OS/c29-23-6-1-2-7-25(23)36-14-10-19(18-33)17-28(36,34-21-8-12-27(31,32)13-9-21)37(22-5-3-4-20(30)16-22)26(38)24-11-15-39-35-24/h1-7,10,14,16-17,21,24,34-35H,8-9,11-13,15H2/t24-,28+/m0/s1. The maximum atomic E-state index is 14.7. The second-order valence-electron chi connectivity index (χ2n) is 9.81. The van der Waals surface area contributed by atoms with Crippen molar-refractivity contribution in [2.45, 2.75) is 55.9 Å². The quantitative estimate of drug-likeness (QED) is 0.320. The summed E-state index contributed by atoms with van der Waals surface area (Å²) in [6.45, 7) is 0. The molecule has 1 saturated carbocycles. The van der Waals surface area contributed by atoms with Crippen LogP contribution in [0, 0.1) is 17.1 Å². The van der Waals surface area contributed by atoms with Gasteiger partial charge in [-0.3, -0.25) is 19.7 Å². The molecule has 0 spiro atoms. The van der Waals surface area contributed by atoms with E-state index in [1.54, 1.807) is 53.6 Å². The lowest BCUT2D eigenvalue weighted by Crippen LogP contribution is -2.73. The van der Waals surface area contributed by atoms with Crippen LogP contribution in [-0.2, 0) is 4.79 Å². The molecule has 11 heteroatoms. The van der Waals surface area contributed by atoms with Gasteiger partial charge in [0, 0.05) is 30.8 Å². The van der Waals surface area contributed by atoms with Crippen molar-refractivity contribution in [1.82, 2.24) is 10.0 Å². The highest BCUT2D eigenvalue weighted by Crippen LogP contribution is 2.41. The van der Waals surface area contributed by atoms with E-state index in [2.05, 4.69) is 16.1 Å². The van der Waals surface area contributed by atoms with Crippen LogP contribution in [0.2, 0.25) is 5.02 Å². The smallest absolute Gasteiger partial charge is 0.248 e. The molecule has 0 aromatic heterocycles. The number of allylic oxidation sites excluding steroid dienone is 2. The molecule has 2 aliphatic heterocycles. The van der Waals surface area contributed by atoms with Gasteiger partial charge in [0.2, 0.25) is 17.6 Å². The van der Waals surface area contributed by atoms with Gasteiger partial charge in [-0.25, -0.2) is 13.2 Å². The summed E-state index contributed by atoms with van der Waals surface area (Å²) in [7, 11) is 0. The summed E-state index contributed by atoms with van der Waals surface area (Å²) >= 11 is 8.07. The van der Waals surface area contributed by atoms with E-state index in [-0.39, 0.29) is 42.9 Å². The average Bonchev–Trinajstić information content (AvgIpc) is 3.46. The van der Waals surface area contributed by atoms with E-state index in [9.17, 15) is 23.2 Å². The van der Waals surface area contributed by atoms with Crippen LogP contribution in [0.5, 0.6) is 0 Å². The monoisotopic (exact) mass is 573 g/mol. The lowest BCUT2D eigenvalue weighted by Gasteiger charge is -2.52. The molecule has 1 aliphatic carbocycles. The van der Waals surface area contributed by atoms with Crippen molar-refractivity contribution in [3.05, 3.63) is 83.3 Å². The second-order valence-corrected chi connectivity index (χ2v) is 11.2. The van der Waals surface area contributed by atoms with Gasteiger partial charge in [0.25, 0.3) is 0 Å². The van der Waals surface area contributed by atoms with Crippen LogP contribution in [-0.4, -0.2) is 35.5 Å². The highest BCUT2D eigenvalue weighted by molar-refractivity contribution is 7.97. The van der Waals surface area contributed by atoms with Crippen molar-refractivity contribution in [2.75, 3.05) is 15.6 Å². The highest BCUT2D eigenvalue weighted by Gasteiger charge is 2.50. The number of alkyl halides is 2. The summed E-state index contributed by atoms with van der Waals surface area (Å²) in [6, 6.07) is 13.8. The Morgan fingerprint density at radius 2 is 1.95 bits per heavy atom. The Kier molecular flexibility index (Phi) is 7.96. The topological polar surface area (TPSA) is 71.4 Å². The van der Waals surface area contributed by atoms with Crippen LogP contribution in [0.1, 0.15) is 32.1 Å². The molecule has 3 aliphatic rings. The molecule has 0 radical (unpaired) electrons. The van der Waals surface area contributed by atoms with Crippen molar-refractivity contribution < 1.29 is 18.0 Å². The summed E-state index contributed by atoms with van der Waals surface area (Å²) in [4.78, 5) is 17.5. The Balaban J connectivity index is 1.73. The van der Waals surface area contributed by atoms with Gasteiger partial charge in [0.1, 0.15) is 5.82 Å². The summed E-state index contributed by atoms with van der Waals surface area (Å²) in [5, 5.41) is 13.8. The normalized spacial score (nSPS) is 24.7. The summed E-state index contributed by atoms with van der Waals surface area (Å²) in [6.07, 6.45) is 5.03. The zero-order chi connectivity index (χ0) is 27.6. The zero-order valence-corrected chi connectivity index (χ0v) is 22.5. The predicted octanol–water partition coefficient (Wildman–Crippen LogP) is 6.13. The first kappa shape index (κ1) is 27.6. The summed E-state index contributed by atoms with van der Waals surface area (Å²) < 4.78 is 46.0. The number of amides is 1. The molecule has 2 aromatic carbocycles. The number of hydrogen-bond donors (Lipinski definition) is 2. The number of nitriles is 1. The Hall–Kier alpha value is -2.97. The first-order valence-corrected chi connectivity index (χ1v) is 14.1. The van der Waals surface area contributed by atoms with E-state index in [4.69, 9.17) is 11.6 Å². The number of benzene rings is 2. The predicted molar refractivity (Wildman–Crippen MR) is 148 cm³/mol. The van der Waals surface area contributed by atoms with E-state index in [0.29, 0.717) is 22.9 Å². The lowest BCUT2D eigenvalue weighted by atomic mass is 9.90. The molecule has 6 nitrogen and oxygen atoms in total. The molecule has 0 unspecified atom stereocenters. The summed E-state index contributed by atoms with van der Waals surface area (Å²) in [5.41, 5.74) is 1.00.